The van der Waals surface area contributed by atoms with Crippen molar-refractivity contribution in [3.05, 3.63) is 0 Å². The van der Waals surface area contributed by atoms with E-state index in [0.717, 1.165) is 0 Å². The number of aliphatic hydroxyl groups excluding tert-OH is 10. The summed E-state index contributed by atoms with van der Waals surface area (Å²) in [5.41, 5.74) is 0. The highest BCUT2D eigenvalue weighted by Gasteiger charge is 1.94. The molecule has 0 aromatic rings. The fraction of sp³-hybridized carbons (Fsp3) is 1.00. The monoisotopic (exact) mass is 308 g/mol. The van der Waals surface area contributed by atoms with Crippen molar-refractivity contribution in [2.24, 2.45) is 0 Å². The van der Waals surface area contributed by atoms with Gasteiger partial charge in [0.25, 0.3) is 0 Å². The van der Waals surface area contributed by atoms with E-state index in [-0.39, 0.29) is 52.9 Å². The van der Waals surface area contributed by atoms with Crippen molar-refractivity contribution < 1.29 is 51.1 Å². The molecule has 0 aromatic carbocycles. The van der Waals surface area contributed by atoms with Crippen LogP contribution in [0.2, 0.25) is 0 Å². The summed E-state index contributed by atoms with van der Waals surface area (Å²) in [7, 11) is 0. The van der Waals surface area contributed by atoms with Gasteiger partial charge in [0.05, 0.1) is 52.9 Å². The third kappa shape index (κ3) is 52.6. The van der Waals surface area contributed by atoms with Crippen LogP contribution in [0.4, 0.5) is 0 Å². The zero-order valence-corrected chi connectivity index (χ0v) is 11.3. The Morgan fingerprint density at radius 3 is 0.550 bits per heavy atom. The lowest BCUT2D eigenvalue weighted by atomic mass is 10.4. The maximum absolute atomic E-state index is 8.17. The summed E-state index contributed by atoms with van der Waals surface area (Å²) in [6, 6.07) is 0. The summed E-state index contributed by atoms with van der Waals surface area (Å²) in [4.78, 5) is 0. The lowest BCUT2D eigenvalue weighted by Gasteiger charge is -1.96. The molecule has 0 amide bonds. The van der Waals surface area contributed by atoms with E-state index < -0.39 is 12.2 Å². The van der Waals surface area contributed by atoms with Gasteiger partial charge in [-0.25, -0.2) is 0 Å². The molecular weight excluding hydrogens is 280 g/mol. The van der Waals surface area contributed by atoms with Gasteiger partial charge in [-0.3, -0.25) is 0 Å². The fourth-order valence-corrected chi connectivity index (χ4v) is 0.115. The Hall–Kier alpha value is -0.400. The highest BCUT2D eigenvalue weighted by Crippen LogP contribution is 1.72. The predicted octanol–water partition coefficient (Wildman–Crippen LogP) is -5.39. The lowest BCUT2D eigenvalue weighted by molar-refractivity contribution is 0.0450. The maximum atomic E-state index is 8.17. The molecule has 0 aromatic heterocycles. The van der Waals surface area contributed by atoms with Crippen molar-refractivity contribution in [1.82, 2.24) is 0 Å². The van der Waals surface area contributed by atoms with Crippen molar-refractivity contribution >= 4 is 0 Å². The summed E-state index contributed by atoms with van der Waals surface area (Å²) in [6.45, 7) is -1.96. The maximum Gasteiger partial charge on any atom is 0.100 e. The smallest absolute Gasteiger partial charge is 0.100 e. The first-order chi connectivity index (χ1) is 9.44. The first kappa shape index (κ1) is 27.9. The number of rotatable bonds is 6. The first-order valence-corrected chi connectivity index (χ1v) is 5.68. The van der Waals surface area contributed by atoms with E-state index in [9.17, 15) is 0 Å². The average Bonchev–Trinajstić information content (AvgIpc) is 2.53. The van der Waals surface area contributed by atoms with Crippen LogP contribution in [-0.4, -0.2) is 116 Å². The van der Waals surface area contributed by atoms with Crippen LogP contribution in [-0.2, 0) is 0 Å². The molecule has 0 heterocycles. The summed E-state index contributed by atoms with van der Waals surface area (Å²) >= 11 is 0. The van der Waals surface area contributed by atoms with Gasteiger partial charge in [0.1, 0.15) is 12.2 Å². The van der Waals surface area contributed by atoms with Crippen LogP contribution in [0, 0.1) is 0 Å². The Bertz CT molecular complexity index is 101. The number of aliphatic hydroxyl groups is 10. The molecule has 0 rings (SSSR count). The Labute approximate surface area is 117 Å². The highest BCUT2D eigenvalue weighted by molar-refractivity contribution is 4.44. The van der Waals surface area contributed by atoms with Gasteiger partial charge in [-0.1, -0.05) is 0 Å². The predicted molar refractivity (Wildman–Crippen MR) is 68.7 cm³/mol. The van der Waals surface area contributed by atoms with Crippen molar-refractivity contribution in [1.29, 1.82) is 0 Å². The molecule has 0 atom stereocenters. The molecule has 10 heteroatoms. The second-order valence-corrected chi connectivity index (χ2v) is 2.93. The summed E-state index contributed by atoms with van der Waals surface area (Å²) in [5.74, 6) is 0. The van der Waals surface area contributed by atoms with Crippen molar-refractivity contribution in [2.75, 3.05) is 52.9 Å². The van der Waals surface area contributed by atoms with Crippen LogP contribution in [0.1, 0.15) is 0 Å². The molecule has 0 spiro atoms. The summed E-state index contributed by atoms with van der Waals surface area (Å²) < 4.78 is 0. The lowest BCUT2D eigenvalue weighted by Crippen LogP contribution is -2.15. The topological polar surface area (TPSA) is 202 Å². The Balaban J connectivity index is -0.0000000871. The molecular formula is C10H28O10. The second kappa shape index (κ2) is 31.2. The number of hydrogen-bond donors (Lipinski definition) is 10. The molecule has 0 radical (unpaired) electrons. The Morgan fingerprint density at radius 2 is 0.550 bits per heavy atom. The minimum absolute atomic E-state index is 0.125. The molecule has 10 N–H and O–H groups in total. The molecule has 0 saturated carbocycles. The van der Waals surface area contributed by atoms with Gasteiger partial charge in [0.15, 0.2) is 0 Å². The average molecular weight is 308 g/mol. The van der Waals surface area contributed by atoms with E-state index >= 15 is 0 Å². The molecule has 0 bridgehead atoms. The van der Waals surface area contributed by atoms with Gasteiger partial charge in [-0.05, 0) is 0 Å². The van der Waals surface area contributed by atoms with E-state index in [2.05, 4.69) is 0 Å². The molecule has 10 nitrogen and oxygen atoms in total. The third-order valence-electron chi connectivity index (χ3n) is 1.04. The van der Waals surface area contributed by atoms with Crippen molar-refractivity contribution in [3.63, 3.8) is 0 Å². The highest BCUT2D eigenvalue weighted by atomic mass is 16.4. The van der Waals surface area contributed by atoms with Gasteiger partial charge < -0.3 is 51.1 Å². The van der Waals surface area contributed by atoms with Crippen LogP contribution >= 0.6 is 0 Å². The van der Waals surface area contributed by atoms with E-state index in [1.54, 1.807) is 0 Å². The quantitative estimate of drug-likeness (QED) is 0.225. The number of hydrogen-bond acceptors (Lipinski definition) is 10. The van der Waals surface area contributed by atoms with E-state index in [1.807, 2.05) is 0 Å². The van der Waals surface area contributed by atoms with Crippen LogP contribution < -0.4 is 0 Å². The first-order valence-electron chi connectivity index (χ1n) is 5.68. The van der Waals surface area contributed by atoms with Crippen LogP contribution in [0.15, 0.2) is 0 Å². The minimum Gasteiger partial charge on any atom is -0.394 e. The zero-order chi connectivity index (χ0) is 16.8. The summed E-state index contributed by atoms with van der Waals surface area (Å²) in [6.07, 6.45) is -1.91. The van der Waals surface area contributed by atoms with Crippen molar-refractivity contribution in [2.45, 2.75) is 12.2 Å². The third-order valence-corrected chi connectivity index (χ3v) is 1.04. The normalized spacial score (nSPS) is 9.00. The van der Waals surface area contributed by atoms with E-state index in [1.165, 1.54) is 0 Å². The molecule has 0 aliphatic carbocycles. The second-order valence-electron chi connectivity index (χ2n) is 2.93. The Morgan fingerprint density at radius 1 is 0.400 bits per heavy atom. The molecule has 20 heavy (non-hydrogen) atoms. The fourth-order valence-electron chi connectivity index (χ4n) is 0.115. The van der Waals surface area contributed by atoms with Gasteiger partial charge >= 0.3 is 0 Å². The van der Waals surface area contributed by atoms with Crippen LogP contribution in [0.5, 0.6) is 0 Å². The van der Waals surface area contributed by atoms with Crippen molar-refractivity contribution in [3.8, 4) is 0 Å². The standard InChI is InChI=1S/2C3H8O3.2C2H6O2/c2*4-1-3(6)2-5;2*3-1-2-4/h2*3-6H,1-2H2;2*3-4H,1-2H2. The molecule has 0 unspecified atom stereocenters. The minimum atomic E-state index is -0.954. The van der Waals surface area contributed by atoms with Gasteiger partial charge in [-0.2, -0.15) is 0 Å². The molecule has 0 saturated heterocycles. The largest absolute Gasteiger partial charge is 0.394 e. The van der Waals surface area contributed by atoms with Gasteiger partial charge in [0.2, 0.25) is 0 Å². The Kier molecular flexibility index (Phi) is 43.4. The van der Waals surface area contributed by atoms with E-state index in [4.69, 9.17) is 51.1 Å². The zero-order valence-electron chi connectivity index (χ0n) is 11.3. The van der Waals surface area contributed by atoms with Crippen LogP contribution in [0.25, 0.3) is 0 Å². The molecule has 0 fully saturated rings. The van der Waals surface area contributed by atoms with Crippen LogP contribution in [0.3, 0.4) is 0 Å². The van der Waals surface area contributed by atoms with Gasteiger partial charge in [0, 0.05) is 0 Å². The molecule has 0 aliphatic rings. The molecule has 0 aliphatic heterocycles. The molecule has 128 valence electrons. The van der Waals surface area contributed by atoms with Gasteiger partial charge in [-0.15, -0.1) is 0 Å². The van der Waals surface area contributed by atoms with E-state index in [0.29, 0.717) is 0 Å². The summed E-state index contributed by atoms with van der Waals surface area (Å²) in [5, 5.41) is 78.5. The SMILES string of the molecule is OCC(O)CO.OCC(O)CO.OCCO.OCCO.